The number of rotatable bonds is 7. The van der Waals surface area contributed by atoms with Crippen LogP contribution in [0.4, 0.5) is 0 Å². The van der Waals surface area contributed by atoms with Crippen molar-refractivity contribution in [2.75, 3.05) is 32.7 Å². The molecule has 1 saturated heterocycles. The first kappa shape index (κ1) is 24.2. The number of nitrogens with zero attached hydrogens (tertiary/aromatic N) is 6. The Labute approximate surface area is 216 Å². The topological polar surface area (TPSA) is 67.2 Å². The zero-order valence-corrected chi connectivity index (χ0v) is 21.5. The summed E-state index contributed by atoms with van der Waals surface area (Å²) in [5, 5.41) is 9.85. The van der Waals surface area contributed by atoms with Gasteiger partial charge in [0.15, 0.2) is 11.0 Å². The van der Waals surface area contributed by atoms with Crippen LogP contribution in [0.15, 0.2) is 78.2 Å². The van der Waals surface area contributed by atoms with Gasteiger partial charge in [-0.1, -0.05) is 54.6 Å². The molecular formula is C28H30N6OS. The largest absolute Gasteiger partial charge is 0.336 e. The lowest BCUT2D eigenvalue weighted by Crippen LogP contribution is -2.48. The van der Waals surface area contributed by atoms with E-state index in [4.69, 9.17) is 0 Å². The summed E-state index contributed by atoms with van der Waals surface area (Å²) in [7, 11) is 0. The minimum atomic E-state index is 0.111. The van der Waals surface area contributed by atoms with Gasteiger partial charge in [0.25, 0.3) is 5.91 Å². The molecule has 0 saturated carbocycles. The molecule has 0 radical (unpaired) electrons. The molecule has 1 aliphatic heterocycles. The van der Waals surface area contributed by atoms with Gasteiger partial charge in [-0.15, -0.1) is 10.2 Å². The minimum absolute atomic E-state index is 0.111. The van der Waals surface area contributed by atoms with Crippen LogP contribution in [0.3, 0.4) is 0 Å². The first-order valence-electron chi connectivity index (χ1n) is 12.3. The van der Waals surface area contributed by atoms with Gasteiger partial charge in [-0.3, -0.25) is 14.3 Å². The number of thioether (sulfide) groups is 1. The molecule has 3 heterocycles. The number of aromatic nitrogens is 4. The predicted molar refractivity (Wildman–Crippen MR) is 143 cm³/mol. The molecule has 0 spiro atoms. The van der Waals surface area contributed by atoms with Crippen LogP contribution < -0.4 is 0 Å². The molecular weight excluding hydrogens is 468 g/mol. The smallest absolute Gasteiger partial charge is 0.254 e. The zero-order valence-electron chi connectivity index (χ0n) is 20.7. The lowest BCUT2D eigenvalue weighted by atomic mass is 10.1. The number of carbonyl (C=O) groups is 1. The van der Waals surface area contributed by atoms with Crippen molar-refractivity contribution >= 4 is 17.7 Å². The highest BCUT2D eigenvalue weighted by atomic mass is 32.2. The summed E-state index contributed by atoms with van der Waals surface area (Å²) in [4.78, 5) is 21.9. The molecule has 0 N–H and O–H groups in total. The first-order valence-corrected chi connectivity index (χ1v) is 13.3. The maximum absolute atomic E-state index is 13.4. The molecule has 4 aromatic rings. The Bertz CT molecular complexity index is 1310. The number of carbonyl (C=O) groups excluding carboxylic acids is 1. The van der Waals surface area contributed by atoms with E-state index >= 15 is 0 Å². The number of likely N-dealkylation sites (N-methyl/N-ethyl adjacent to an activating group) is 1. The fourth-order valence-electron chi connectivity index (χ4n) is 4.41. The maximum Gasteiger partial charge on any atom is 0.254 e. The third-order valence-corrected chi connectivity index (χ3v) is 7.55. The highest BCUT2D eigenvalue weighted by molar-refractivity contribution is 7.98. The summed E-state index contributed by atoms with van der Waals surface area (Å²) >= 11 is 1.59. The molecule has 184 valence electrons. The molecule has 0 atom stereocenters. The van der Waals surface area contributed by atoms with Crippen LogP contribution in [0, 0.1) is 6.92 Å². The summed E-state index contributed by atoms with van der Waals surface area (Å²) in [6.45, 7) is 8.66. The molecule has 2 aromatic carbocycles. The number of hydrogen-bond donors (Lipinski definition) is 0. The molecule has 0 unspecified atom stereocenters. The fourth-order valence-corrected chi connectivity index (χ4v) is 5.37. The van der Waals surface area contributed by atoms with Crippen molar-refractivity contribution in [2.24, 2.45) is 0 Å². The van der Waals surface area contributed by atoms with Crippen molar-refractivity contribution in [1.29, 1.82) is 0 Å². The van der Waals surface area contributed by atoms with E-state index in [2.05, 4.69) is 62.8 Å². The highest BCUT2D eigenvalue weighted by Crippen LogP contribution is 2.30. The second-order valence-electron chi connectivity index (χ2n) is 8.89. The number of amides is 1. The molecule has 2 aromatic heterocycles. The van der Waals surface area contributed by atoms with Crippen molar-refractivity contribution in [2.45, 2.75) is 24.8 Å². The Morgan fingerprint density at radius 2 is 1.64 bits per heavy atom. The Kier molecular flexibility index (Phi) is 7.44. The molecule has 5 rings (SSSR count). The van der Waals surface area contributed by atoms with Crippen LogP contribution in [0.5, 0.6) is 0 Å². The Balaban J connectivity index is 1.41. The predicted octanol–water partition coefficient (Wildman–Crippen LogP) is 4.71. The standard InChI is InChI=1S/C28H30N6OS/c1-3-32-16-18-33(19-17-32)27(35)25-7-5-4-6-23(25)20-36-28-31-30-26(22-12-14-29-15-13-22)34(28)24-10-8-21(2)9-11-24/h4-15H,3,16-20H2,1-2H3. The number of hydrogen-bond acceptors (Lipinski definition) is 6. The summed E-state index contributed by atoms with van der Waals surface area (Å²) in [6, 6.07) is 20.1. The number of pyridine rings is 1. The molecule has 7 nitrogen and oxygen atoms in total. The van der Waals surface area contributed by atoms with Crippen molar-refractivity contribution in [1.82, 2.24) is 29.5 Å². The second kappa shape index (κ2) is 11.1. The molecule has 0 bridgehead atoms. The summed E-state index contributed by atoms with van der Waals surface area (Å²) in [6.07, 6.45) is 3.52. The van der Waals surface area contributed by atoms with Crippen molar-refractivity contribution in [3.8, 4) is 17.1 Å². The van der Waals surface area contributed by atoms with E-state index in [-0.39, 0.29) is 5.91 Å². The van der Waals surface area contributed by atoms with Crippen LogP contribution in [-0.4, -0.2) is 68.2 Å². The van der Waals surface area contributed by atoms with E-state index in [1.165, 1.54) is 5.56 Å². The number of piperazine rings is 1. The number of benzene rings is 2. The monoisotopic (exact) mass is 498 g/mol. The summed E-state index contributed by atoms with van der Waals surface area (Å²) in [5.41, 5.74) is 4.92. The lowest BCUT2D eigenvalue weighted by Gasteiger charge is -2.34. The van der Waals surface area contributed by atoms with Crippen LogP contribution in [0.2, 0.25) is 0 Å². The summed E-state index contributed by atoms with van der Waals surface area (Å²) in [5.74, 6) is 1.50. The lowest BCUT2D eigenvalue weighted by molar-refractivity contribution is 0.0642. The Morgan fingerprint density at radius 1 is 0.917 bits per heavy atom. The van der Waals surface area contributed by atoms with Crippen molar-refractivity contribution in [3.05, 3.63) is 89.7 Å². The van der Waals surface area contributed by atoms with E-state index in [1.807, 2.05) is 41.3 Å². The molecule has 36 heavy (non-hydrogen) atoms. The Morgan fingerprint density at radius 3 is 2.36 bits per heavy atom. The van der Waals surface area contributed by atoms with Gasteiger partial charge in [-0.05, 0) is 49.4 Å². The van der Waals surface area contributed by atoms with Gasteiger partial charge in [0, 0.05) is 61.1 Å². The SMILES string of the molecule is CCN1CCN(C(=O)c2ccccc2CSc2nnc(-c3ccncc3)n2-c2ccc(C)cc2)CC1. The van der Waals surface area contributed by atoms with Crippen LogP contribution >= 0.6 is 11.8 Å². The number of aryl methyl sites for hydroxylation is 1. The normalized spacial score (nSPS) is 14.2. The molecule has 0 aliphatic carbocycles. The molecule has 1 aliphatic rings. The van der Waals surface area contributed by atoms with Gasteiger partial charge < -0.3 is 9.80 Å². The van der Waals surface area contributed by atoms with Crippen LogP contribution in [0.25, 0.3) is 17.1 Å². The van der Waals surface area contributed by atoms with Crippen LogP contribution in [-0.2, 0) is 5.75 Å². The van der Waals surface area contributed by atoms with Gasteiger partial charge in [0.2, 0.25) is 0 Å². The molecule has 1 amide bonds. The molecule has 1 fully saturated rings. The average Bonchev–Trinajstić information content (AvgIpc) is 3.36. The fraction of sp³-hybridized carbons (Fsp3) is 0.286. The van der Waals surface area contributed by atoms with E-state index in [0.717, 1.165) is 66.1 Å². The zero-order chi connectivity index (χ0) is 24.9. The van der Waals surface area contributed by atoms with Gasteiger partial charge >= 0.3 is 0 Å². The van der Waals surface area contributed by atoms with Crippen molar-refractivity contribution < 1.29 is 4.79 Å². The van der Waals surface area contributed by atoms with Gasteiger partial charge in [0.1, 0.15) is 0 Å². The second-order valence-corrected chi connectivity index (χ2v) is 9.83. The first-order chi connectivity index (χ1) is 17.6. The molecule has 8 heteroatoms. The van der Waals surface area contributed by atoms with Gasteiger partial charge in [-0.25, -0.2) is 0 Å². The van der Waals surface area contributed by atoms with Crippen LogP contribution in [0.1, 0.15) is 28.4 Å². The van der Waals surface area contributed by atoms with Gasteiger partial charge in [0.05, 0.1) is 0 Å². The van der Waals surface area contributed by atoms with E-state index in [9.17, 15) is 4.79 Å². The van der Waals surface area contributed by atoms with E-state index in [1.54, 1.807) is 24.2 Å². The quantitative estimate of drug-likeness (QED) is 0.344. The van der Waals surface area contributed by atoms with E-state index in [0.29, 0.717) is 5.75 Å². The highest BCUT2D eigenvalue weighted by Gasteiger charge is 2.23. The van der Waals surface area contributed by atoms with E-state index < -0.39 is 0 Å². The maximum atomic E-state index is 13.4. The third-order valence-electron chi connectivity index (χ3n) is 6.58. The average molecular weight is 499 g/mol. The van der Waals surface area contributed by atoms with Crippen molar-refractivity contribution in [3.63, 3.8) is 0 Å². The minimum Gasteiger partial charge on any atom is -0.336 e. The Hall–Kier alpha value is -3.49. The van der Waals surface area contributed by atoms with Gasteiger partial charge in [-0.2, -0.15) is 0 Å². The summed E-state index contributed by atoms with van der Waals surface area (Å²) < 4.78 is 2.08. The third kappa shape index (κ3) is 5.20.